The van der Waals surface area contributed by atoms with Crippen molar-refractivity contribution < 1.29 is 4.79 Å². The zero-order chi connectivity index (χ0) is 13.0. The van der Waals surface area contributed by atoms with E-state index in [0.29, 0.717) is 28.8 Å². The lowest BCUT2D eigenvalue weighted by Crippen LogP contribution is -2.12. The number of carbonyl (C=O) groups excluding carboxylic acids is 1. The van der Waals surface area contributed by atoms with Crippen LogP contribution >= 0.6 is 23.1 Å². The zero-order valence-corrected chi connectivity index (χ0v) is 11.4. The number of anilines is 1. The molecule has 6 heteroatoms. The van der Waals surface area contributed by atoms with Crippen molar-refractivity contribution >= 4 is 34.2 Å². The second-order valence-corrected chi connectivity index (χ2v) is 5.01. The average molecular weight is 282 g/mol. The Bertz CT molecular complexity index is 539. The van der Waals surface area contributed by atoms with E-state index in [1.54, 1.807) is 6.92 Å². The first kappa shape index (κ1) is 13.0. The molecule has 1 heterocycles. The fourth-order valence-electron chi connectivity index (χ4n) is 1.44. The summed E-state index contributed by atoms with van der Waals surface area (Å²) in [7, 11) is 0. The van der Waals surface area contributed by atoms with Gasteiger partial charge in [-0.15, -0.1) is 0 Å². The molecule has 0 aliphatic rings. The van der Waals surface area contributed by atoms with Crippen molar-refractivity contribution in [2.75, 3.05) is 5.32 Å². The first-order chi connectivity index (χ1) is 8.63. The standard InChI is InChI=1S/C12H12ClN3OS/c1-8-14-12(18-16-8)15-11(17)7-4-9-2-5-10(13)6-3-9/h2-3,5-6H,4,7H2,1H3,(H,14,15,16,17). The molecule has 4 nitrogen and oxygen atoms in total. The van der Waals surface area contributed by atoms with E-state index in [4.69, 9.17) is 11.6 Å². The molecule has 0 aliphatic carbocycles. The summed E-state index contributed by atoms with van der Waals surface area (Å²) < 4.78 is 4.00. The van der Waals surface area contributed by atoms with Crippen LogP contribution in [0, 0.1) is 6.92 Å². The summed E-state index contributed by atoms with van der Waals surface area (Å²) in [5.74, 6) is 0.620. The molecule has 94 valence electrons. The number of hydrogen-bond donors (Lipinski definition) is 1. The van der Waals surface area contributed by atoms with Crippen molar-refractivity contribution in [3.05, 3.63) is 40.7 Å². The Kier molecular flexibility index (Phi) is 4.28. The number of amides is 1. The van der Waals surface area contributed by atoms with Gasteiger partial charge in [0.1, 0.15) is 5.82 Å². The number of halogens is 1. The van der Waals surface area contributed by atoms with Gasteiger partial charge in [0.25, 0.3) is 0 Å². The topological polar surface area (TPSA) is 54.9 Å². The van der Waals surface area contributed by atoms with E-state index in [1.807, 2.05) is 24.3 Å². The molecule has 0 aliphatic heterocycles. The minimum Gasteiger partial charge on any atom is -0.301 e. The SMILES string of the molecule is Cc1nsc(NC(=O)CCc2ccc(Cl)cc2)n1. The Labute approximate surface area is 114 Å². The quantitative estimate of drug-likeness (QED) is 0.937. The lowest BCUT2D eigenvalue weighted by molar-refractivity contribution is -0.116. The van der Waals surface area contributed by atoms with Gasteiger partial charge in [0.15, 0.2) is 0 Å². The summed E-state index contributed by atoms with van der Waals surface area (Å²) in [5.41, 5.74) is 1.09. The smallest absolute Gasteiger partial charge is 0.226 e. The molecule has 0 spiro atoms. The van der Waals surface area contributed by atoms with Crippen LogP contribution in [-0.4, -0.2) is 15.3 Å². The lowest BCUT2D eigenvalue weighted by Gasteiger charge is -2.02. The molecule has 0 bridgehead atoms. The Morgan fingerprint density at radius 1 is 1.39 bits per heavy atom. The maximum atomic E-state index is 11.7. The van der Waals surface area contributed by atoms with E-state index in [2.05, 4.69) is 14.7 Å². The molecule has 0 fully saturated rings. The number of carbonyl (C=O) groups is 1. The number of nitrogens with one attached hydrogen (secondary N) is 1. The summed E-state index contributed by atoms with van der Waals surface area (Å²) >= 11 is 6.98. The number of benzene rings is 1. The first-order valence-electron chi connectivity index (χ1n) is 5.48. The van der Waals surface area contributed by atoms with Crippen LogP contribution in [0.2, 0.25) is 5.02 Å². The third kappa shape index (κ3) is 3.78. The van der Waals surface area contributed by atoms with Crippen molar-refractivity contribution in [2.45, 2.75) is 19.8 Å². The summed E-state index contributed by atoms with van der Waals surface area (Å²) in [4.78, 5) is 15.7. The maximum Gasteiger partial charge on any atom is 0.226 e. The number of aryl methyl sites for hydroxylation is 2. The Balaban J connectivity index is 1.83. The molecule has 0 saturated heterocycles. The third-order valence-corrected chi connectivity index (χ3v) is 3.30. The largest absolute Gasteiger partial charge is 0.301 e. The third-order valence-electron chi connectivity index (χ3n) is 2.33. The molecular weight excluding hydrogens is 270 g/mol. The van der Waals surface area contributed by atoms with E-state index >= 15 is 0 Å². The molecule has 1 N–H and O–H groups in total. The lowest BCUT2D eigenvalue weighted by atomic mass is 10.1. The van der Waals surface area contributed by atoms with E-state index in [-0.39, 0.29) is 5.91 Å². The van der Waals surface area contributed by atoms with Gasteiger partial charge in [0.2, 0.25) is 11.0 Å². The molecule has 18 heavy (non-hydrogen) atoms. The van der Waals surface area contributed by atoms with Gasteiger partial charge in [-0.1, -0.05) is 23.7 Å². The molecule has 1 aromatic carbocycles. The van der Waals surface area contributed by atoms with E-state index in [1.165, 1.54) is 11.5 Å². The van der Waals surface area contributed by atoms with Crippen LogP contribution in [0.4, 0.5) is 5.13 Å². The van der Waals surface area contributed by atoms with Crippen LogP contribution in [0.3, 0.4) is 0 Å². The molecule has 0 unspecified atom stereocenters. The Morgan fingerprint density at radius 2 is 2.11 bits per heavy atom. The van der Waals surface area contributed by atoms with Crippen molar-refractivity contribution in [1.82, 2.24) is 9.36 Å². The number of rotatable bonds is 4. The van der Waals surface area contributed by atoms with Crippen molar-refractivity contribution in [3.63, 3.8) is 0 Å². The highest BCUT2D eigenvalue weighted by molar-refractivity contribution is 7.09. The van der Waals surface area contributed by atoms with Crippen LogP contribution in [0.15, 0.2) is 24.3 Å². The van der Waals surface area contributed by atoms with Crippen LogP contribution < -0.4 is 5.32 Å². The van der Waals surface area contributed by atoms with Gasteiger partial charge in [0, 0.05) is 23.0 Å². The second-order valence-electron chi connectivity index (χ2n) is 3.82. The maximum absolute atomic E-state index is 11.7. The molecule has 1 aromatic heterocycles. The molecule has 2 aromatic rings. The average Bonchev–Trinajstić information content (AvgIpc) is 2.74. The van der Waals surface area contributed by atoms with Crippen LogP contribution in [-0.2, 0) is 11.2 Å². The van der Waals surface area contributed by atoms with Crippen LogP contribution in [0.25, 0.3) is 0 Å². The van der Waals surface area contributed by atoms with E-state index < -0.39 is 0 Å². The first-order valence-corrected chi connectivity index (χ1v) is 6.63. The molecule has 0 atom stereocenters. The van der Waals surface area contributed by atoms with E-state index in [9.17, 15) is 4.79 Å². The summed E-state index contributed by atoms with van der Waals surface area (Å²) in [6.07, 6.45) is 1.10. The molecular formula is C12H12ClN3OS. The van der Waals surface area contributed by atoms with Gasteiger partial charge in [-0.3, -0.25) is 4.79 Å². The van der Waals surface area contributed by atoms with Crippen molar-refractivity contribution in [1.29, 1.82) is 0 Å². The fourth-order valence-corrected chi connectivity index (χ4v) is 2.16. The number of nitrogens with zero attached hydrogens (tertiary/aromatic N) is 2. The predicted octanol–water partition coefficient (Wildman–Crippen LogP) is 3.07. The predicted molar refractivity (Wildman–Crippen MR) is 73.0 cm³/mol. The highest BCUT2D eigenvalue weighted by Gasteiger charge is 2.06. The monoisotopic (exact) mass is 281 g/mol. The second kappa shape index (κ2) is 5.93. The molecule has 0 saturated carbocycles. The summed E-state index contributed by atoms with van der Waals surface area (Å²) in [5, 5.41) is 3.98. The number of hydrogen-bond acceptors (Lipinski definition) is 4. The molecule has 1 amide bonds. The van der Waals surface area contributed by atoms with Crippen molar-refractivity contribution in [3.8, 4) is 0 Å². The normalized spacial score (nSPS) is 10.3. The highest BCUT2D eigenvalue weighted by Crippen LogP contribution is 2.13. The fraction of sp³-hybridized carbons (Fsp3) is 0.250. The van der Waals surface area contributed by atoms with Crippen LogP contribution in [0.1, 0.15) is 17.8 Å². The van der Waals surface area contributed by atoms with Gasteiger partial charge in [-0.2, -0.15) is 4.37 Å². The number of aromatic nitrogens is 2. The van der Waals surface area contributed by atoms with Crippen molar-refractivity contribution in [2.24, 2.45) is 0 Å². The summed E-state index contributed by atoms with van der Waals surface area (Å²) in [6.45, 7) is 1.79. The van der Waals surface area contributed by atoms with Gasteiger partial charge < -0.3 is 5.32 Å². The summed E-state index contributed by atoms with van der Waals surface area (Å²) in [6, 6.07) is 7.49. The van der Waals surface area contributed by atoms with Gasteiger partial charge in [-0.05, 0) is 31.0 Å². The van der Waals surface area contributed by atoms with Gasteiger partial charge in [-0.25, -0.2) is 4.98 Å². The Hall–Kier alpha value is -1.46. The van der Waals surface area contributed by atoms with Gasteiger partial charge >= 0.3 is 0 Å². The molecule has 2 rings (SSSR count). The minimum absolute atomic E-state index is 0.0545. The Morgan fingerprint density at radius 3 is 2.72 bits per heavy atom. The van der Waals surface area contributed by atoms with Crippen LogP contribution in [0.5, 0.6) is 0 Å². The van der Waals surface area contributed by atoms with E-state index in [0.717, 1.165) is 5.56 Å². The highest BCUT2D eigenvalue weighted by atomic mass is 35.5. The zero-order valence-electron chi connectivity index (χ0n) is 9.81. The van der Waals surface area contributed by atoms with Gasteiger partial charge in [0.05, 0.1) is 0 Å². The molecule has 0 radical (unpaired) electrons. The minimum atomic E-state index is -0.0545.